The zero-order valence-electron chi connectivity index (χ0n) is 13.6. The second kappa shape index (κ2) is 7.30. The zero-order chi connectivity index (χ0) is 18.7. The number of aromatic amines is 1. The van der Waals surface area contributed by atoms with Crippen LogP contribution in [0.1, 0.15) is 27.8 Å². The molecular formula is C18H14F2N2O4. The summed E-state index contributed by atoms with van der Waals surface area (Å²) in [6, 6.07) is 12.2. The number of para-hydroxylation sites is 1. The fourth-order valence-electron chi connectivity index (χ4n) is 2.42. The monoisotopic (exact) mass is 360 g/mol. The molecule has 0 aliphatic rings. The highest BCUT2D eigenvalue weighted by Gasteiger charge is 2.23. The fraction of sp³-hybridized carbons (Fsp3) is 0.167. The molecule has 2 aromatic carbocycles. The number of Topliss-reactive ketones (excluding diaryl/α,β-unsaturated/α-hetero) is 1. The summed E-state index contributed by atoms with van der Waals surface area (Å²) in [5.74, 6) is -1.27. The highest BCUT2D eigenvalue weighted by molar-refractivity contribution is 6.04. The predicted molar refractivity (Wildman–Crippen MR) is 88.4 cm³/mol. The number of halogens is 2. The molecule has 0 bridgehead atoms. The molecule has 1 aromatic heterocycles. The second-order valence-electron chi connectivity index (χ2n) is 5.43. The van der Waals surface area contributed by atoms with Crippen LogP contribution in [0.2, 0.25) is 0 Å². The van der Waals surface area contributed by atoms with E-state index in [-0.39, 0.29) is 17.0 Å². The number of benzene rings is 2. The standard InChI is InChI=1S/C18H14F2N2O4/c1-10(16(23)11-6-8-12(9-7-11)26-18(19)20)25-17(24)15-13-4-2-3-5-14(13)21-22-15/h2-10,18H,1H3,(H,21,22)/t10-/m1/s1. The number of ketones is 1. The Labute approximate surface area is 146 Å². The fourth-order valence-corrected chi connectivity index (χ4v) is 2.42. The molecule has 1 heterocycles. The van der Waals surface area contributed by atoms with Crippen LogP contribution in [-0.4, -0.2) is 34.7 Å². The van der Waals surface area contributed by atoms with Gasteiger partial charge in [-0.25, -0.2) is 4.79 Å². The molecule has 0 unspecified atom stereocenters. The molecule has 3 rings (SSSR count). The van der Waals surface area contributed by atoms with Crippen LogP contribution in [-0.2, 0) is 4.74 Å². The smallest absolute Gasteiger partial charge is 0.387 e. The summed E-state index contributed by atoms with van der Waals surface area (Å²) in [7, 11) is 0. The summed E-state index contributed by atoms with van der Waals surface area (Å²) >= 11 is 0. The van der Waals surface area contributed by atoms with Crippen molar-refractivity contribution in [3.05, 3.63) is 59.8 Å². The molecule has 0 fully saturated rings. The number of fused-ring (bicyclic) bond motifs is 1. The minimum atomic E-state index is -2.94. The number of nitrogens with one attached hydrogen (secondary N) is 1. The number of carbonyl (C=O) groups excluding carboxylic acids is 2. The van der Waals surface area contributed by atoms with Crippen molar-refractivity contribution in [2.75, 3.05) is 0 Å². The van der Waals surface area contributed by atoms with E-state index in [1.54, 1.807) is 24.3 Å². The summed E-state index contributed by atoms with van der Waals surface area (Å²) in [5, 5.41) is 7.22. The van der Waals surface area contributed by atoms with Gasteiger partial charge in [0.25, 0.3) is 0 Å². The summed E-state index contributed by atoms with van der Waals surface area (Å²) in [6.07, 6.45) is -1.07. The number of rotatable bonds is 6. The molecule has 1 atom stereocenters. The third kappa shape index (κ3) is 3.69. The SMILES string of the molecule is C[C@@H](OC(=O)c1n[nH]c2ccccc12)C(=O)c1ccc(OC(F)F)cc1. The average molecular weight is 360 g/mol. The second-order valence-corrected chi connectivity index (χ2v) is 5.43. The van der Waals surface area contributed by atoms with Crippen LogP contribution < -0.4 is 4.74 Å². The predicted octanol–water partition coefficient (Wildman–Crippen LogP) is 3.59. The minimum absolute atomic E-state index is 0.0656. The quantitative estimate of drug-likeness (QED) is 0.537. The number of esters is 1. The number of aromatic nitrogens is 2. The first-order valence-electron chi connectivity index (χ1n) is 7.69. The van der Waals surface area contributed by atoms with Gasteiger partial charge in [-0.3, -0.25) is 9.89 Å². The van der Waals surface area contributed by atoms with Gasteiger partial charge < -0.3 is 9.47 Å². The van der Waals surface area contributed by atoms with Crippen LogP contribution in [0.5, 0.6) is 5.75 Å². The van der Waals surface area contributed by atoms with E-state index < -0.39 is 24.5 Å². The lowest BCUT2D eigenvalue weighted by Crippen LogP contribution is -2.24. The molecule has 26 heavy (non-hydrogen) atoms. The molecule has 0 saturated carbocycles. The van der Waals surface area contributed by atoms with E-state index in [1.165, 1.54) is 31.2 Å². The van der Waals surface area contributed by atoms with Gasteiger partial charge in [0, 0.05) is 10.9 Å². The van der Waals surface area contributed by atoms with Crippen LogP contribution in [0.15, 0.2) is 48.5 Å². The Morgan fingerprint density at radius 1 is 1.08 bits per heavy atom. The Kier molecular flexibility index (Phi) is 4.92. The van der Waals surface area contributed by atoms with Crippen molar-refractivity contribution in [2.24, 2.45) is 0 Å². The lowest BCUT2D eigenvalue weighted by molar-refractivity contribution is -0.0498. The molecule has 0 radical (unpaired) electrons. The van der Waals surface area contributed by atoms with Crippen molar-refractivity contribution >= 4 is 22.7 Å². The molecule has 0 saturated heterocycles. The minimum Gasteiger partial charge on any atom is -0.449 e. The summed E-state index contributed by atoms with van der Waals surface area (Å²) < 4.78 is 33.7. The van der Waals surface area contributed by atoms with Crippen LogP contribution >= 0.6 is 0 Å². The maximum atomic E-state index is 12.4. The molecule has 8 heteroatoms. The molecule has 1 N–H and O–H groups in total. The number of H-pyrrole nitrogens is 1. The van der Waals surface area contributed by atoms with Crippen molar-refractivity contribution in [2.45, 2.75) is 19.6 Å². The first-order valence-corrected chi connectivity index (χ1v) is 7.69. The lowest BCUT2D eigenvalue weighted by atomic mass is 10.1. The molecule has 0 amide bonds. The Balaban J connectivity index is 1.69. The van der Waals surface area contributed by atoms with E-state index in [4.69, 9.17) is 4.74 Å². The molecular weight excluding hydrogens is 346 g/mol. The number of alkyl halides is 2. The van der Waals surface area contributed by atoms with Crippen molar-refractivity contribution < 1.29 is 27.8 Å². The molecule has 0 aliphatic heterocycles. The van der Waals surface area contributed by atoms with Crippen LogP contribution in [0, 0.1) is 0 Å². The molecule has 134 valence electrons. The number of hydrogen-bond donors (Lipinski definition) is 1. The maximum absolute atomic E-state index is 12.4. The van der Waals surface area contributed by atoms with E-state index in [0.717, 1.165) is 0 Å². The van der Waals surface area contributed by atoms with E-state index in [0.29, 0.717) is 10.9 Å². The summed E-state index contributed by atoms with van der Waals surface area (Å²) in [4.78, 5) is 24.6. The van der Waals surface area contributed by atoms with E-state index in [2.05, 4.69) is 14.9 Å². The van der Waals surface area contributed by atoms with Crippen molar-refractivity contribution in [1.82, 2.24) is 10.2 Å². The third-order valence-corrected chi connectivity index (χ3v) is 3.68. The maximum Gasteiger partial charge on any atom is 0.387 e. The third-order valence-electron chi connectivity index (χ3n) is 3.68. The van der Waals surface area contributed by atoms with Crippen molar-refractivity contribution in [3.8, 4) is 5.75 Å². The Morgan fingerprint density at radius 2 is 1.77 bits per heavy atom. The van der Waals surface area contributed by atoms with Crippen molar-refractivity contribution in [1.29, 1.82) is 0 Å². The highest BCUT2D eigenvalue weighted by Crippen LogP contribution is 2.19. The lowest BCUT2D eigenvalue weighted by Gasteiger charge is -2.12. The molecule has 0 aliphatic carbocycles. The van der Waals surface area contributed by atoms with E-state index >= 15 is 0 Å². The van der Waals surface area contributed by atoms with Gasteiger partial charge in [-0.05, 0) is 37.3 Å². The number of nitrogens with zero attached hydrogens (tertiary/aromatic N) is 1. The van der Waals surface area contributed by atoms with E-state index in [1.807, 2.05) is 0 Å². The van der Waals surface area contributed by atoms with Gasteiger partial charge in [0.2, 0.25) is 5.78 Å². The Morgan fingerprint density at radius 3 is 2.46 bits per heavy atom. The number of ether oxygens (including phenoxy) is 2. The molecule has 0 spiro atoms. The highest BCUT2D eigenvalue weighted by atomic mass is 19.3. The van der Waals surface area contributed by atoms with Crippen LogP contribution in [0.3, 0.4) is 0 Å². The van der Waals surface area contributed by atoms with Gasteiger partial charge in [-0.2, -0.15) is 13.9 Å². The molecule has 3 aromatic rings. The largest absolute Gasteiger partial charge is 0.449 e. The zero-order valence-corrected chi connectivity index (χ0v) is 13.6. The summed E-state index contributed by atoms with van der Waals surface area (Å²) in [6.45, 7) is -1.52. The topological polar surface area (TPSA) is 81.3 Å². The Bertz CT molecular complexity index is 938. The Hall–Kier alpha value is -3.29. The molecule has 6 nitrogen and oxygen atoms in total. The van der Waals surface area contributed by atoms with Gasteiger partial charge in [0.05, 0.1) is 5.52 Å². The van der Waals surface area contributed by atoms with Gasteiger partial charge in [-0.15, -0.1) is 0 Å². The number of carbonyl (C=O) groups is 2. The van der Waals surface area contributed by atoms with Gasteiger partial charge in [-0.1, -0.05) is 18.2 Å². The van der Waals surface area contributed by atoms with Gasteiger partial charge in [0.15, 0.2) is 11.8 Å². The average Bonchev–Trinajstić information content (AvgIpc) is 3.05. The summed E-state index contributed by atoms with van der Waals surface area (Å²) in [5.41, 5.74) is 0.966. The van der Waals surface area contributed by atoms with Gasteiger partial charge >= 0.3 is 12.6 Å². The number of hydrogen-bond acceptors (Lipinski definition) is 5. The van der Waals surface area contributed by atoms with Crippen molar-refractivity contribution in [3.63, 3.8) is 0 Å². The van der Waals surface area contributed by atoms with Crippen LogP contribution in [0.25, 0.3) is 10.9 Å². The normalized spacial score (nSPS) is 12.2. The van der Waals surface area contributed by atoms with E-state index in [9.17, 15) is 18.4 Å². The van der Waals surface area contributed by atoms with Gasteiger partial charge in [0.1, 0.15) is 5.75 Å². The first-order chi connectivity index (χ1) is 12.5. The first kappa shape index (κ1) is 17.5. The van der Waals surface area contributed by atoms with Crippen LogP contribution in [0.4, 0.5) is 8.78 Å².